The van der Waals surface area contributed by atoms with Gasteiger partial charge >= 0.3 is 6.36 Å². The fraction of sp³-hybridized carbons (Fsp3) is 0.600. The molecule has 34 heavy (non-hydrogen) atoms. The van der Waals surface area contributed by atoms with Crippen molar-refractivity contribution in [3.63, 3.8) is 0 Å². The van der Waals surface area contributed by atoms with Crippen LogP contribution in [0.15, 0.2) is 29.8 Å². The minimum absolute atomic E-state index is 0.0220. The van der Waals surface area contributed by atoms with Gasteiger partial charge in [0.05, 0.1) is 18.4 Å². The molecule has 0 radical (unpaired) electrons. The second-order valence-corrected chi connectivity index (χ2v) is 10.6. The first kappa shape index (κ1) is 26.6. The number of benzene rings is 1. The Morgan fingerprint density at radius 1 is 1.18 bits per heavy atom. The van der Waals surface area contributed by atoms with Crippen LogP contribution in [0.2, 0.25) is 0 Å². The molecule has 4 unspecified atom stereocenters. The molecule has 3 rings (SSSR count). The molecular weight excluding hydrogens is 467 g/mol. The van der Waals surface area contributed by atoms with Gasteiger partial charge in [-0.1, -0.05) is 44.2 Å². The highest BCUT2D eigenvalue weighted by Crippen LogP contribution is 2.41. The molecule has 2 fully saturated rings. The number of ether oxygens (including phenoxy) is 2. The third-order valence-electron chi connectivity index (χ3n) is 6.49. The average molecular weight is 500 g/mol. The zero-order chi connectivity index (χ0) is 25.0. The van der Waals surface area contributed by atoms with E-state index in [1.165, 1.54) is 30.0 Å². The van der Waals surface area contributed by atoms with E-state index in [9.17, 15) is 22.8 Å². The van der Waals surface area contributed by atoms with Crippen molar-refractivity contribution in [3.05, 3.63) is 35.4 Å². The Balaban J connectivity index is 1.81. The van der Waals surface area contributed by atoms with Crippen LogP contribution >= 0.6 is 11.8 Å². The molecule has 0 spiro atoms. The first-order valence-electron chi connectivity index (χ1n) is 11.7. The molecule has 9 heteroatoms. The lowest BCUT2D eigenvalue weighted by Gasteiger charge is -2.39. The Morgan fingerprint density at radius 3 is 2.44 bits per heavy atom. The Morgan fingerprint density at radius 2 is 1.85 bits per heavy atom. The quantitative estimate of drug-likeness (QED) is 0.438. The number of hydrogen-bond acceptors (Lipinski definition) is 6. The van der Waals surface area contributed by atoms with Gasteiger partial charge in [0.2, 0.25) is 0 Å². The fourth-order valence-electron chi connectivity index (χ4n) is 4.66. The standard InChI is InChI=1S/C25H32F3NO4S/c1-4-16-12-18(11-14(2)24(16)34-15(3)30)32-13-20(23(31)17-9-10-17)22(29)19-7-5-6-8-21(19)33-25(26,27)28/h5-8,14,16-18,24H,4,9-13,29H2,1-3H3. The summed E-state index contributed by atoms with van der Waals surface area (Å²) in [6, 6.07) is 5.56. The van der Waals surface area contributed by atoms with Crippen molar-refractivity contribution in [2.24, 2.45) is 23.5 Å². The van der Waals surface area contributed by atoms with Gasteiger partial charge in [0.15, 0.2) is 10.9 Å². The van der Waals surface area contributed by atoms with Crippen molar-refractivity contribution in [1.29, 1.82) is 0 Å². The van der Waals surface area contributed by atoms with Crippen molar-refractivity contribution in [2.75, 3.05) is 6.61 Å². The number of nitrogens with two attached hydrogens (primary N) is 1. The van der Waals surface area contributed by atoms with Gasteiger partial charge in [-0.05, 0) is 49.7 Å². The number of halogens is 3. The van der Waals surface area contributed by atoms with E-state index in [1.807, 2.05) is 0 Å². The SMILES string of the molecule is CCC1CC(OCC(C(=O)C2CC2)=C(N)c2ccccc2OC(F)(F)F)CC(C)C1SC(C)=O. The monoisotopic (exact) mass is 499 g/mol. The number of ketones is 1. The predicted octanol–water partition coefficient (Wildman–Crippen LogP) is 5.72. The molecule has 1 aromatic rings. The summed E-state index contributed by atoms with van der Waals surface area (Å²) in [6.07, 6.45) is -1.14. The summed E-state index contributed by atoms with van der Waals surface area (Å²) >= 11 is 1.38. The number of alkyl halides is 3. The average Bonchev–Trinajstić information content (AvgIpc) is 3.59. The van der Waals surface area contributed by atoms with Gasteiger partial charge < -0.3 is 15.2 Å². The van der Waals surface area contributed by atoms with Crippen LogP contribution in [0, 0.1) is 17.8 Å². The van der Waals surface area contributed by atoms with Gasteiger partial charge in [0.25, 0.3) is 0 Å². The van der Waals surface area contributed by atoms with E-state index in [2.05, 4.69) is 18.6 Å². The summed E-state index contributed by atoms with van der Waals surface area (Å²) in [7, 11) is 0. The number of carbonyl (C=O) groups excluding carboxylic acids is 2. The summed E-state index contributed by atoms with van der Waals surface area (Å²) in [5.74, 6) is -0.247. The third kappa shape index (κ3) is 7.01. The minimum Gasteiger partial charge on any atom is -0.405 e. The maximum atomic E-state index is 13.0. The molecule has 1 aromatic carbocycles. The molecule has 2 saturated carbocycles. The lowest BCUT2D eigenvalue weighted by Crippen LogP contribution is -2.38. The zero-order valence-corrected chi connectivity index (χ0v) is 20.5. The first-order chi connectivity index (χ1) is 16.0. The Bertz CT molecular complexity index is 929. The summed E-state index contributed by atoms with van der Waals surface area (Å²) < 4.78 is 49.0. The highest BCUT2D eigenvalue weighted by Gasteiger charge is 2.38. The summed E-state index contributed by atoms with van der Waals surface area (Å²) in [6.45, 7) is 5.70. The topological polar surface area (TPSA) is 78.6 Å². The van der Waals surface area contributed by atoms with Crippen LogP contribution in [0.1, 0.15) is 58.4 Å². The third-order valence-corrected chi connectivity index (χ3v) is 7.94. The first-order valence-corrected chi connectivity index (χ1v) is 12.5. The van der Waals surface area contributed by atoms with Crippen LogP contribution in [0.4, 0.5) is 13.2 Å². The van der Waals surface area contributed by atoms with Gasteiger partial charge in [0.1, 0.15) is 5.75 Å². The van der Waals surface area contributed by atoms with Gasteiger partial charge in [-0.25, -0.2) is 0 Å². The maximum Gasteiger partial charge on any atom is 0.573 e. The molecule has 0 aliphatic heterocycles. The molecule has 2 aliphatic rings. The Labute approximate surface area is 202 Å². The van der Waals surface area contributed by atoms with Crippen molar-refractivity contribution in [3.8, 4) is 5.75 Å². The van der Waals surface area contributed by atoms with Crippen LogP contribution < -0.4 is 10.5 Å². The van der Waals surface area contributed by atoms with Crippen molar-refractivity contribution in [2.45, 2.75) is 70.6 Å². The molecule has 0 saturated heterocycles. The largest absolute Gasteiger partial charge is 0.573 e. The zero-order valence-electron chi connectivity index (χ0n) is 19.7. The van der Waals surface area contributed by atoms with E-state index in [4.69, 9.17) is 10.5 Å². The molecule has 0 amide bonds. The molecule has 2 N–H and O–H groups in total. The summed E-state index contributed by atoms with van der Waals surface area (Å²) in [4.78, 5) is 24.7. The van der Waals surface area contributed by atoms with E-state index in [1.54, 1.807) is 13.0 Å². The number of carbonyl (C=O) groups is 2. The highest BCUT2D eigenvalue weighted by atomic mass is 32.2. The number of thioether (sulfide) groups is 1. The molecule has 4 atom stereocenters. The number of Topliss-reactive ketones (excluding diaryl/α,β-unsaturated/α-hetero) is 1. The molecular formula is C25H32F3NO4S. The van der Waals surface area contributed by atoms with E-state index in [-0.39, 0.29) is 57.5 Å². The second-order valence-electron chi connectivity index (χ2n) is 9.20. The van der Waals surface area contributed by atoms with Crippen LogP contribution in [0.5, 0.6) is 5.75 Å². The van der Waals surface area contributed by atoms with Crippen LogP contribution in [-0.2, 0) is 14.3 Å². The van der Waals surface area contributed by atoms with Gasteiger partial charge in [-0.2, -0.15) is 0 Å². The maximum absolute atomic E-state index is 13.0. The Kier molecular flexibility index (Phi) is 8.73. The highest BCUT2D eigenvalue weighted by molar-refractivity contribution is 8.14. The van der Waals surface area contributed by atoms with Crippen LogP contribution in [0.3, 0.4) is 0 Å². The molecule has 0 bridgehead atoms. The molecule has 2 aliphatic carbocycles. The van der Waals surface area contributed by atoms with Gasteiger partial charge in [-0.15, -0.1) is 13.2 Å². The van der Waals surface area contributed by atoms with E-state index in [0.29, 0.717) is 5.92 Å². The molecule has 5 nitrogen and oxygen atoms in total. The van der Waals surface area contributed by atoms with Crippen LogP contribution in [-0.4, -0.2) is 35.2 Å². The summed E-state index contributed by atoms with van der Waals surface area (Å²) in [5.41, 5.74) is 6.46. The van der Waals surface area contributed by atoms with Crippen molar-refractivity contribution >= 4 is 28.4 Å². The number of para-hydroxylation sites is 1. The van der Waals surface area contributed by atoms with Gasteiger partial charge in [0, 0.05) is 29.2 Å². The Hall–Kier alpha value is -2.00. The van der Waals surface area contributed by atoms with Crippen molar-refractivity contribution in [1.82, 2.24) is 0 Å². The van der Waals surface area contributed by atoms with E-state index < -0.39 is 12.1 Å². The second kappa shape index (κ2) is 11.2. The molecule has 188 valence electrons. The lowest BCUT2D eigenvalue weighted by atomic mass is 9.79. The molecule has 0 heterocycles. The molecule has 0 aromatic heterocycles. The smallest absolute Gasteiger partial charge is 0.405 e. The van der Waals surface area contributed by atoms with E-state index in [0.717, 1.165) is 32.1 Å². The minimum atomic E-state index is -4.88. The number of hydrogen-bond donors (Lipinski definition) is 1. The lowest BCUT2D eigenvalue weighted by molar-refractivity contribution is -0.274. The fourth-order valence-corrected chi connectivity index (χ4v) is 5.88. The van der Waals surface area contributed by atoms with E-state index >= 15 is 0 Å². The van der Waals surface area contributed by atoms with Gasteiger partial charge in [-0.3, -0.25) is 9.59 Å². The number of rotatable bonds is 9. The predicted molar refractivity (Wildman–Crippen MR) is 126 cm³/mol. The van der Waals surface area contributed by atoms with Crippen molar-refractivity contribution < 1.29 is 32.2 Å². The van der Waals surface area contributed by atoms with Crippen LogP contribution in [0.25, 0.3) is 5.70 Å². The summed E-state index contributed by atoms with van der Waals surface area (Å²) in [5, 5.41) is 0.323. The normalized spacial score (nSPS) is 26.1.